The van der Waals surface area contributed by atoms with Crippen molar-refractivity contribution in [2.45, 2.75) is 6.42 Å². The molecule has 3 rings (SSSR count). The summed E-state index contributed by atoms with van der Waals surface area (Å²) in [5.74, 6) is -1.51. The van der Waals surface area contributed by atoms with Gasteiger partial charge in [0.2, 0.25) is 11.8 Å². The van der Waals surface area contributed by atoms with E-state index in [2.05, 4.69) is 10.1 Å². The number of methoxy groups -OCH3 is 1. The summed E-state index contributed by atoms with van der Waals surface area (Å²) in [5, 5.41) is 2.39. The molecule has 0 aromatic heterocycles. The number of benzene rings is 1. The molecule has 1 N–H and O–H groups in total. The van der Waals surface area contributed by atoms with Crippen LogP contribution in [0.15, 0.2) is 30.3 Å². The van der Waals surface area contributed by atoms with E-state index < -0.39 is 17.3 Å². The Morgan fingerprint density at radius 2 is 2.00 bits per heavy atom. The molecule has 0 radical (unpaired) electrons. The van der Waals surface area contributed by atoms with Crippen molar-refractivity contribution in [2.24, 2.45) is 11.3 Å². The molecule has 1 aromatic rings. The second kappa shape index (κ2) is 6.07. The Kier molecular flexibility index (Phi) is 4.09. The molecule has 2 atom stereocenters. The van der Waals surface area contributed by atoms with Gasteiger partial charge in [0.15, 0.2) is 5.78 Å². The van der Waals surface area contributed by atoms with E-state index in [0.29, 0.717) is 18.5 Å². The summed E-state index contributed by atoms with van der Waals surface area (Å²) in [4.78, 5) is 49.6. The Labute approximate surface area is 139 Å². The van der Waals surface area contributed by atoms with Crippen molar-refractivity contribution in [3.63, 3.8) is 0 Å². The van der Waals surface area contributed by atoms with E-state index >= 15 is 0 Å². The molecule has 1 aliphatic carbocycles. The standard InChI is InChI=1S/C17H18N2O5/c1-24-14(21)8-18-13(20)10-19-9-12-7-17(12,16(19)23)15(22)11-5-3-2-4-6-11/h2-6,12H,7-10H2,1H3,(H,18,20). The molecule has 2 amide bonds. The highest BCUT2D eigenvalue weighted by Crippen LogP contribution is 2.60. The quantitative estimate of drug-likeness (QED) is 0.450. The fraction of sp³-hybridized carbons (Fsp3) is 0.412. The Balaban J connectivity index is 1.63. The molecule has 1 saturated carbocycles. The highest BCUT2D eigenvalue weighted by atomic mass is 16.5. The predicted molar refractivity (Wildman–Crippen MR) is 82.9 cm³/mol. The lowest BCUT2D eigenvalue weighted by atomic mass is 9.93. The number of carbonyl (C=O) groups is 4. The molecule has 2 unspecified atom stereocenters. The van der Waals surface area contributed by atoms with Crippen LogP contribution in [0.5, 0.6) is 0 Å². The second-order valence-electron chi connectivity index (χ2n) is 6.11. The van der Waals surface area contributed by atoms with Crippen LogP contribution < -0.4 is 5.32 Å². The summed E-state index contributed by atoms with van der Waals surface area (Å²) in [6, 6.07) is 8.74. The summed E-state index contributed by atoms with van der Waals surface area (Å²) >= 11 is 0. The first kappa shape index (κ1) is 16.2. The predicted octanol–water partition coefficient (Wildman–Crippen LogP) is 0.00700. The van der Waals surface area contributed by atoms with Gasteiger partial charge in [-0.05, 0) is 12.3 Å². The molecular formula is C17H18N2O5. The molecule has 7 nitrogen and oxygen atoms in total. The van der Waals surface area contributed by atoms with Gasteiger partial charge in [-0.25, -0.2) is 0 Å². The van der Waals surface area contributed by atoms with Gasteiger partial charge in [0.1, 0.15) is 12.0 Å². The second-order valence-corrected chi connectivity index (χ2v) is 6.11. The molecule has 1 saturated heterocycles. The van der Waals surface area contributed by atoms with E-state index in [4.69, 9.17) is 0 Å². The van der Waals surface area contributed by atoms with Crippen molar-refractivity contribution >= 4 is 23.6 Å². The van der Waals surface area contributed by atoms with Crippen LogP contribution in [0, 0.1) is 11.3 Å². The summed E-state index contributed by atoms with van der Waals surface area (Å²) in [5.41, 5.74) is -0.477. The number of rotatable bonds is 6. The number of carbonyl (C=O) groups excluding carboxylic acids is 4. The number of Topliss-reactive ketones (excluding diaryl/α,β-unsaturated/α-hetero) is 1. The average molecular weight is 330 g/mol. The van der Waals surface area contributed by atoms with E-state index in [1.165, 1.54) is 12.0 Å². The van der Waals surface area contributed by atoms with Gasteiger partial charge in [0.25, 0.3) is 0 Å². The lowest BCUT2D eigenvalue weighted by Crippen LogP contribution is -2.43. The van der Waals surface area contributed by atoms with Gasteiger partial charge in [0.05, 0.1) is 13.7 Å². The smallest absolute Gasteiger partial charge is 0.325 e. The SMILES string of the molecule is COC(=O)CNC(=O)CN1CC2CC2(C(=O)c2ccccc2)C1=O. The van der Waals surface area contributed by atoms with E-state index in [0.717, 1.165) is 0 Å². The molecule has 2 aliphatic rings. The number of hydrogen-bond acceptors (Lipinski definition) is 5. The molecule has 1 aliphatic heterocycles. The van der Waals surface area contributed by atoms with Crippen LogP contribution in [0.3, 0.4) is 0 Å². The summed E-state index contributed by atoms with van der Waals surface area (Å²) in [7, 11) is 1.23. The number of likely N-dealkylation sites (tertiary alicyclic amines) is 1. The van der Waals surface area contributed by atoms with Crippen molar-refractivity contribution < 1.29 is 23.9 Å². The Morgan fingerprint density at radius 1 is 1.29 bits per heavy atom. The first-order chi connectivity index (χ1) is 11.5. The van der Waals surface area contributed by atoms with E-state index in [9.17, 15) is 19.2 Å². The third-order valence-corrected chi connectivity index (χ3v) is 4.65. The lowest BCUT2D eigenvalue weighted by Gasteiger charge is -2.20. The Bertz CT molecular complexity index is 702. The molecule has 1 aromatic carbocycles. The van der Waals surface area contributed by atoms with Crippen molar-refractivity contribution in [3.8, 4) is 0 Å². The van der Waals surface area contributed by atoms with Crippen LogP contribution in [0.4, 0.5) is 0 Å². The molecule has 1 heterocycles. The number of ketones is 1. The van der Waals surface area contributed by atoms with Gasteiger partial charge < -0.3 is 15.0 Å². The van der Waals surface area contributed by atoms with Crippen molar-refractivity contribution in [2.75, 3.05) is 26.7 Å². The largest absolute Gasteiger partial charge is 0.468 e. The van der Waals surface area contributed by atoms with Gasteiger partial charge in [-0.3, -0.25) is 19.2 Å². The van der Waals surface area contributed by atoms with Gasteiger partial charge in [0, 0.05) is 12.1 Å². The highest BCUT2D eigenvalue weighted by Gasteiger charge is 2.70. The number of amides is 2. The van der Waals surface area contributed by atoms with Crippen molar-refractivity contribution in [1.82, 2.24) is 10.2 Å². The minimum Gasteiger partial charge on any atom is -0.468 e. The van der Waals surface area contributed by atoms with Gasteiger partial charge in [-0.15, -0.1) is 0 Å². The zero-order valence-electron chi connectivity index (χ0n) is 13.3. The first-order valence-electron chi connectivity index (χ1n) is 7.72. The Morgan fingerprint density at radius 3 is 2.67 bits per heavy atom. The first-order valence-corrected chi connectivity index (χ1v) is 7.72. The summed E-state index contributed by atoms with van der Waals surface area (Å²) < 4.78 is 4.43. The molecule has 0 bridgehead atoms. The zero-order valence-corrected chi connectivity index (χ0v) is 13.3. The fourth-order valence-electron chi connectivity index (χ4n) is 3.27. The maximum absolute atomic E-state index is 12.7. The molecular weight excluding hydrogens is 312 g/mol. The molecule has 126 valence electrons. The molecule has 2 fully saturated rings. The fourth-order valence-corrected chi connectivity index (χ4v) is 3.27. The molecule has 24 heavy (non-hydrogen) atoms. The normalized spacial score (nSPS) is 24.3. The number of nitrogens with one attached hydrogen (secondary N) is 1. The van der Waals surface area contributed by atoms with Gasteiger partial charge in [-0.1, -0.05) is 30.3 Å². The minimum absolute atomic E-state index is 0.0360. The van der Waals surface area contributed by atoms with E-state index in [-0.39, 0.29) is 30.7 Å². The van der Waals surface area contributed by atoms with Crippen LogP contribution in [0.25, 0.3) is 0 Å². The van der Waals surface area contributed by atoms with Gasteiger partial charge in [-0.2, -0.15) is 0 Å². The number of nitrogens with zero attached hydrogens (tertiary/aromatic N) is 1. The van der Waals surface area contributed by atoms with Crippen molar-refractivity contribution in [1.29, 1.82) is 0 Å². The number of piperidine rings is 1. The summed E-state index contributed by atoms with van der Waals surface area (Å²) in [6.45, 7) is -0.00587. The van der Waals surface area contributed by atoms with Crippen LogP contribution in [0.1, 0.15) is 16.8 Å². The number of esters is 1. The third kappa shape index (κ3) is 2.66. The number of ether oxygens (including phenoxy) is 1. The van der Waals surface area contributed by atoms with Crippen molar-refractivity contribution in [3.05, 3.63) is 35.9 Å². The summed E-state index contributed by atoms with van der Waals surface area (Å²) in [6.07, 6.45) is 0.542. The number of hydrogen-bond donors (Lipinski definition) is 1. The molecule has 7 heteroatoms. The Hall–Kier alpha value is -2.70. The maximum Gasteiger partial charge on any atom is 0.325 e. The van der Waals surface area contributed by atoms with E-state index in [1.807, 2.05) is 6.07 Å². The van der Waals surface area contributed by atoms with Crippen LogP contribution >= 0.6 is 0 Å². The van der Waals surface area contributed by atoms with Crippen LogP contribution in [-0.4, -0.2) is 55.2 Å². The van der Waals surface area contributed by atoms with Gasteiger partial charge >= 0.3 is 5.97 Å². The number of fused-ring (bicyclic) bond motifs is 1. The van der Waals surface area contributed by atoms with Crippen LogP contribution in [-0.2, 0) is 19.1 Å². The maximum atomic E-state index is 12.7. The highest BCUT2D eigenvalue weighted by molar-refractivity contribution is 6.18. The van der Waals surface area contributed by atoms with Crippen LogP contribution in [0.2, 0.25) is 0 Å². The van der Waals surface area contributed by atoms with E-state index in [1.54, 1.807) is 24.3 Å². The minimum atomic E-state index is -0.996. The lowest BCUT2D eigenvalue weighted by molar-refractivity contribution is -0.141. The zero-order chi connectivity index (χ0) is 17.3. The topological polar surface area (TPSA) is 92.8 Å². The monoisotopic (exact) mass is 330 g/mol. The third-order valence-electron chi connectivity index (χ3n) is 4.65. The average Bonchev–Trinajstić information content (AvgIpc) is 3.27. The molecule has 0 spiro atoms.